The fourth-order valence-electron chi connectivity index (χ4n) is 3.10. The minimum absolute atomic E-state index is 0.0764. The van der Waals surface area contributed by atoms with E-state index in [1.165, 1.54) is 18.2 Å². The van der Waals surface area contributed by atoms with Crippen LogP contribution < -0.4 is 15.4 Å². The molecule has 0 fully saturated rings. The summed E-state index contributed by atoms with van der Waals surface area (Å²) in [7, 11) is 0. The monoisotopic (exact) mass is 470 g/mol. The Morgan fingerprint density at radius 1 is 0.970 bits per heavy atom. The molecule has 1 heterocycles. The zero-order chi connectivity index (χ0) is 24.0. The van der Waals surface area contributed by atoms with Gasteiger partial charge in [0.15, 0.2) is 0 Å². The third-order valence-electron chi connectivity index (χ3n) is 4.58. The minimum Gasteiger partial charge on any atom is -0.492 e. The molecule has 172 valence electrons. The van der Waals surface area contributed by atoms with E-state index in [9.17, 15) is 18.8 Å². The lowest BCUT2D eigenvalue weighted by Crippen LogP contribution is -2.15. The predicted molar refractivity (Wildman–Crippen MR) is 125 cm³/mol. The Kier molecular flexibility index (Phi) is 7.78. The van der Waals surface area contributed by atoms with Gasteiger partial charge in [0.05, 0.1) is 29.3 Å². The number of carbonyl (C=O) groups is 3. The molecule has 0 spiro atoms. The number of amides is 2. The van der Waals surface area contributed by atoms with Gasteiger partial charge in [-0.05, 0) is 56.7 Å². The van der Waals surface area contributed by atoms with Gasteiger partial charge in [0.2, 0.25) is 0 Å². The van der Waals surface area contributed by atoms with Gasteiger partial charge in [-0.15, -0.1) is 11.3 Å². The molecular weight excluding hydrogens is 447 g/mol. The van der Waals surface area contributed by atoms with Crippen molar-refractivity contribution in [2.24, 2.45) is 0 Å². The number of anilines is 2. The maximum Gasteiger partial charge on any atom is 0.341 e. The first-order valence-electron chi connectivity index (χ1n) is 10.3. The number of ether oxygens (including phenoxy) is 2. The zero-order valence-corrected chi connectivity index (χ0v) is 19.2. The molecule has 1 aromatic heterocycles. The van der Waals surface area contributed by atoms with Crippen LogP contribution in [0.4, 0.5) is 15.1 Å². The average molecular weight is 471 g/mol. The molecule has 3 rings (SSSR count). The first kappa shape index (κ1) is 23.9. The molecule has 2 N–H and O–H groups in total. The van der Waals surface area contributed by atoms with Crippen molar-refractivity contribution in [3.63, 3.8) is 0 Å². The van der Waals surface area contributed by atoms with Gasteiger partial charge in [-0.25, -0.2) is 9.18 Å². The van der Waals surface area contributed by atoms with E-state index in [1.807, 2.05) is 6.92 Å². The van der Waals surface area contributed by atoms with Crippen molar-refractivity contribution in [1.29, 1.82) is 0 Å². The van der Waals surface area contributed by atoms with Crippen LogP contribution in [0.15, 0.2) is 48.5 Å². The minimum atomic E-state index is -0.672. The van der Waals surface area contributed by atoms with Crippen molar-refractivity contribution in [2.75, 3.05) is 23.8 Å². The molecule has 0 aliphatic heterocycles. The van der Waals surface area contributed by atoms with Crippen LogP contribution in [0, 0.1) is 12.7 Å². The Labute approximate surface area is 194 Å². The maximum atomic E-state index is 13.5. The van der Waals surface area contributed by atoms with Crippen molar-refractivity contribution in [2.45, 2.75) is 20.8 Å². The highest BCUT2D eigenvalue weighted by Gasteiger charge is 2.27. The molecule has 33 heavy (non-hydrogen) atoms. The third-order valence-corrected chi connectivity index (χ3v) is 5.79. The van der Waals surface area contributed by atoms with Crippen LogP contribution in [0.1, 0.15) is 49.8 Å². The number of hydrogen-bond donors (Lipinski definition) is 2. The average Bonchev–Trinajstić information content (AvgIpc) is 3.11. The largest absolute Gasteiger partial charge is 0.492 e. The van der Waals surface area contributed by atoms with Crippen LogP contribution in [0.25, 0.3) is 0 Å². The summed E-state index contributed by atoms with van der Waals surface area (Å²) in [6.45, 7) is 5.64. The lowest BCUT2D eigenvalue weighted by molar-refractivity contribution is 0.0527. The number of thiophene rings is 1. The lowest BCUT2D eigenvalue weighted by atomic mass is 10.1. The number of carbonyl (C=O) groups excluding carboxylic acids is 3. The van der Waals surface area contributed by atoms with E-state index in [0.29, 0.717) is 23.6 Å². The second-order valence-corrected chi connectivity index (χ2v) is 7.85. The van der Waals surface area contributed by atoms with E-state index in [1.54, 1.807) is 38.1 Å². The summed E-state index contributed by atoms with van der Waals surface area (Å²) in [4.78, 5) is 38.6. The first-order chi connectivity index (χ1) is 15.8. The Bertz CT molecular complexity index is 1190. The standard InChI is InChI=1S/C24H23FN2O5S/c1-4-31-18-12-7-6-11-17(18)26-22(29)20-14(3)19(24(30)32-5-2)23(33-20)27-21(28)15-9-8-10-16(25)13-15/h6-13H,4-5H2,1-3H3,(H,26,29)(H,27,28). The molecule has 9 heteroatoms. The second kappa shape index (κ2) is 10.7. The van der Waals surface area contributed by atoms with E-state index in [2.05, 4.69) is 10.6 Å². The number of nitrogens with one attached hydrogen (secondary N) is 2. The summed E-state index contributed by atoms with van der Waals surface area (Å²) >= 11 is 0.935. The molecule has 2 aromatic carbocycles. The highest BCUT2D eigenvalue weighted by atomic mass is 32.1. The van der Waals surface area contributed by atoms with Crippen LogP contribution in [-0.2, 0) is 4.74 Å². The molecule has 0 aliphatic rings. The fraction of sp³-hybridized carbons (Fsp3) is 0.208. The van der Waals surface area contributed by atoms with Crippen LogP contribution >= 0.6 is 11.3 Å². The summed E-state index contributed by atoms with van der Waals surface area (Å²) in [5.74, 6) is -1.82. The van der Waals surface area contributed by atoms with Gasteiger partial charge >= 0.3 is 5.97 Å². The Morgan fingerprint density at radius 2 is 1.73 bits per heavy atom. The number of hydrogen-bond acceptors (Lipinski definition) is 6. The number of esters is 1. The van der Waals surface area contributed by atoms with Crippen molar-refractivity contribution in [3.8, 4) is 5.75 Å². The number of rotatable bonds is 8. The van der Waals surface area contributed by atoms with Gasteiger partial charge in [0, 0.05) is 5.56 Å². The van der Waals surface area contributed by atoms with Crippen molar-refractivity contribution in [1.82, 2.24) is 0 Å². The van der Waals surface area contributed by atoms with Gasteiger partial charge in [-0.1, -0.05) is 18.2 Å². The SMILES string of the molecule is CCOC(=O)c1c(NC(=O)c2cccc(F)c2)sc(C(=O)Nc2ccccc2OCC)c1C. The normalized spacial score (nSPS) is 10.4. The highest BCUT2D eigenvalue weighted by molar-refractivity contribution is 7.19. The molecule has 0 atom stereocenters. The van der Waals surface area contributed by atoms with Gasteiger partial charge in [-0.3, -0.25) is 9.59 Å². The predicted octanol–water partition coefficient (Wildman–Crippen LogP) is 5.28. The molecular formula is C24H23FN2O5S. The van der Waals surface area contributed by atoms with Crippen molar-refractivity contribution < 1.29 is 28.2 Å². The van der Waals surface area contributed by atoms with Crippen LogP contribution in [0.3, 0.4) is 0 Å². The summed E-state index contributed by atoms with van der Waals surface area (Å²) < 4.78 is 24.2. The quantitative estimate of drug-likeness (QED) is 0.437. The number of halogens is 1. The van der Waals surface area contributed by atoms with Crippen LogP contribution in [0.2, 0.25) is 0 Å². The summed E-state index contributed by atoms with van der Waals surface area (Å²) in [6, 6.07) is 12.1. The van der Waals surface area contributed by atoms with E-state index < -0.39 is 23.6 Å². The number of para-hydroxylation sites is 2. The molecule has 2 amide bonds. The second-order valence-electron chi connectivity index (χ2n) is 6.83. The van der Waals surface area contributed by atoms with Crippen LogP contribution in [0.5, 0.6) is 5.75 Å². The van der Waals surface area contributed by atoms with E-state index in [0.717, 1.165) is 17.4 Å². The summed E-state index contributed by atoms with van der Waals surface area (Å²) in [5.41, 5.74) is 0.988. The molecule has 0 saturated heterocycles. The Balaban J connectivity index is 1.95. The maximum absolute atomic E-state index is 13.5. The highest BCUT2D eigenvalue weighted by Crippen LogP contribution is 2.35. The lowest BCUT2D eigenvalue weighted by Gasteiger charge is -2.11. The van der Waals surface area contributed by atoms with Crippen molar-refractivity contribution in [3.05, 3.63) is 75.9 Å². The number of benzene rings is 2. The van der Waals surface area contributed by atoms with E-state index >= 15 is 0 Å². The molecule has 0 unspecified atom stereocenters. The summed E-state index contributed by atoms with van der Waals surface area (Å²) in [6.07, 6.45) is 0. The Hall–Kier alpha value is -3.72. The smallest absolute Gasteiger partial charge is 0.341 e. The molecule has 0 saturated carbocycles. The first-order valence-corrected chi connectivity index (χ1v) is 11.1. The Morgan fingerprint density at radius 3 is 2.42 bits per heavy atom. The fourth-order valence-corrected chi connectivity index (χ4v) is 4.19. The van der Waals surface area contributed by atoms with E-state index in [4.69, 9.17) is 9.47 Å². The molecule has 0 radical (unpaired) electrons. The molecule has 3 aromatic rings. The topological polar surface area (TPSA) is 93.7 Å². The van der Waals surface area contributed by atoms with Gasteiger partial charge < -0.3 is 20.1 Å². The molecule has 0 bridgehead atoms. The summed E-state index contributed by atoms with van der Waals surface area (Å²) in [5, 5.41) is 5.54. The third kappa shape index (κ3) is 5.56. The van der Waals surface area contributed by atoms with Gasteiger partial charge in [0.25, 0.3) is 11.8 Å². The van der Waals surface area contributed by atoms with Gasteiger partial charge in [-0.2, -0.15) is 0 Å². The molecule has 0 aliphatic carbocycles. The molecule has 7 nitrogen and oxygen atoms in total. The van der Waals surface area contributed by atoms with E-state index in [-0.39, 0.29) is 27.6 Å². The van der Waals surface area contributed by atoms with Gasteiger partial charge in [0.1, 0.15) is 16.6 Å². The van der Waals surface area contributed by atoms with Crippen molar-refractivity contribution >= 4 is 39.8 Å². The van der Waals surface area contributed by atoms with Crippen LogP contribution in [-0.4, -0.2) is 31.0 Å². The zero-order valence-electron chi connectivity index (χ0n) is 18.4.